The van der Waals surface area contributed by atoms with Crippen molar-refractivity contribution >= 4 is 17.5 Å². The summed E-state index contributed by atoms with van der Waals surface area (Å²) in [6.07, 6.45) is 5.68. The van der Waals surface area contributed by atoms with Crippen molar-refractivity contribution in [3.63, 3.8) is 0 Å². The number of aromatic nitrogens is 2. The van der Waals surface area contributed by atoms with Crippen LogP contribution in [-0.4, -0.2) is 15.7 Å². The predicted molar refractivity (Wildman–Crippen MR) is 98.2 cm³/mol. The summed E-state index contributed by atoms with van der Waals surface area (Å²) in [6.45, 7) is 7.04. The molecule has 1 aromatic carbocycles. The van der Waals surface area contributed by atoms with Gasteiger partial charge in [-0.05, 0) is 29.9 Å². The molecule has 0 saturated carbocycles. The van der Waals surface area contributed by atoms with Crippen LogP contribution in [0.15, 0.2) is 36.7 Å². The first-order valence-corrected chi connectivity index (χ1v) is 8.98. The van der Waals surface area contributed by atoms with Crippen molar-refractivity contribution in [1.29, 1.82) is 0 Å². The number of aryl methyl sites for hydroxylation is 1. The van der Waals surface area contributed by atoms with E-state index in [1.165, 1.54) is 5.56 Å². The summed E-state index contributed by atoms with van der Waals surface area (Å²) in [6, 6.07) is 8.64. The maximum absolute atomic E-state index is 12.2. The number of nitrogens with zero attached hydrogens (tertiary/aromatic N) is 2. The fraction of sp³-hybridized carbons (Fsp3) is 0.474. The first kappa shape index (κ1) is 18.5. The topological polar surface area (TPSA) is 46.9 Å². The second-order valence-corrected chi connectivity index (χ2v) is 6.61. The molecule has 2 rings (SSSR count). The van der Waals surface area contributed by atoms with Gasteiger partial charge in [-0.1, -0.05) is 56.6 Å². The molecule has 130 valence electrons. The van der Waals surface area contributed by atoms with Gasteiger partial charge in [0, 0.05) is 19.2 Å². The molecule has 0 fully saturated rings. The SMILES string of the molecule is CCC(C)c1ccc(C(CC)NC(=O)CCn2cc(Cl)cn2)cc1. The summed E-state index contributed by atoms with van der Waals surface area (Å²) in [5.41, 5.74) is 2.50. The van der Waals surface area contributed by atoms with E-state index in [9.17, 15) is 4.79 Å². The summed E-state index contributed by atoms with van der Waals surface area (Å²) in [5, 5.41) is 7.78. The van der Waals surface area contributed by atoms with Crippen LogP contribution in [0, 0.1) is 0 Å². The van der Waals surface area contributed by atoms with E-state index >= 15 is 0 Å². The fourth-order valence-corrected chi connectivity index (χ4v) is 2.81. The van der Waals surface area contributed by atoms with Crippen molar-refractivity contribution in [2.45, 2.75) is 58.5 Å². The van der Waals surface area contributed by atoms with Gasteiger partial charge in [-0.3, -0.25) is 9.48 Å². The van der Waals surface area contributed by atoms with Crippen molar-refractivity contribution in [3.8, 4) is 0 Å². The minimum absolute atomic E-state index is 0.0273. The maximum atomic E-state index is 12.2. The molecule has 1 amide bonds. The molecule has 1 aromatic heterocycles. The molecule has 2 atom stereocenters. The average Bonchev–Trinajstić information content (AvgIpc) is 3.02. The Morgan fingerprint density at radius 2 is 1.88 bits per heavy atom. The van der Waals surface area contributed by atoms with Gasteiger partial charge in [0.1, 0.15) is 0 Å². The van der Waals surface area contributed by atoms with Crippen LogP contribution < -0.4 is 5.32 Å². The first-order valence-electron chi connectivity index (χ1n) is 8.60. The lowest BCUT2D eigenvalue weighted by atomic mass is 9.95. The van der Waals surface area contributed by atoms with Gasteiger partial charge in [0.25, 0.3) is 0 Å². The number of halogens is 1. The standard InChI is InChI=1S/C19H26ClN3O/c1-4-14(3)15-6-8-16(9-7-15)18(5-2)22-19(24)10-11-23-13-17(20)12-21-23/h6-9,12-14,18H,4-5,10-11H2,1-3H3,(H,22,24). The van der Waals surface area contributed by atoms with Crippen molar-refractivity contribution < 1.29 is 4.79 Å². The smallest absolute Gasteiger partial charge is 0.222 e. The second kappa shape index (κ2) is 8.88. The molecule has 0 radical (unpaired) electrons. The monoisotopic (exact) mass is 347 g/mol. The number of hydrogen-bond donors (Lipinski definition) is 1. The van der Waals surface area contributed by atoms with Gasteiger partial charge in [0.15, 0.2) is 0 Å². The molecule has 0 bridgehead atoms. The van der Waals surface area contributed by atoms with Crippen LogP contribution >= 0.6 is 11.6 Å². The third kappa shape index (κ3) is 5.10. The van der Waals surface area contributed by atoms with Crippen molar-refractivity contribution in [1.82, 2.24) is 15.1 Å². The van der Waals surface area contributed by atoms with Gasteiger partial charge in [-0.15, -0.1) is 0 Å². The Morgan fingerprint density at radius 1 is 1.21 bits per heavy atom. The number of hydrogen-bond acceptors (Lipinski definition) is 2. The van der Waals surface area contributed by atoms with E-state index in [-0.39, 0.29) is 11.9 Å². The lowest BCUT2D eigenvalue weighted by molar-refractivity contribution is -0.122. The Hall–Kier alpha value is -1.81. The molecular formula is C19H26ClN3O. The predicted octanol–water partition coefficient (Wildman–Crippen LogP) is 4.71. The summed E-state index contributed by atoms with van der Waals surface area (Å²) < 4.78 is 1.68. The van der Waals surface area contributed by atoms with Crippen LogP contribution in [0.2, 0.25) is 5.02 Å². The number of carbonyl (C=O) groups excluding carboxylic acids is 1. The number of nitrogens with one attached hydrogen (secondary N) is 1. The highest BCUT2D eigenvalue weighted by molar-refractivity contribution is 6.30. The molecule has 4 nitrogen and oxygen atoms in total. The summed E-state index contributed by atoms with van der Waals surface area (Å²) in [4.78, 5) is 12.2. The lowest BCUT2D eigenvalue weighted by Crippen LogP contribution is -2.29. The van der Waals surface area contributed by atoms with Crippen LogP contribution in [0.25, 0.3) is 0 Å². The Bertz CT molecular complexity index is 651. The maximum Gasteiger partial charge on any atom is 0.222 e. The third-order valence-corrected chi connectivity index (χ3v) is 4.63. The van der Waals surface area contributed by atoms with E-state index in [0.29, 0.717) is 23.9 Å². The number of rotatable bonds is 8. The van der Waals surface area contributed by atoms with Crippen molar-refractivity contribution in [3.05, 3.63) is 52.8 Å². The van der Waals surface area contributed by atoms with Crippen LogP contribution in [0.4, 0.5) is 0 Å². The van der Waals surface area contributed by atoms with E-state index in [1.807, 2.05) is 0 Å². The fourth-order valence-electron chi connectivity index (χ4n) is 2.66. The van der Waals surface area contributed by atoms with E-state index < -0.39 is 0 Å². The second-order valence-electron chi connectivity index (χ2n) is 6.18. The van der Waals surface area contributed by atoms with Gasteiger partial charge in [-0.2, -0.15) is 5.10 Å². The zero-order valence-corrected chi connectivity index (χ0v) is 15.4. The van der Waals surface area contributed by atoms with Gasteiger partial charge >= 0.3 is 0 Å². The Morgan fingerprint density at radius 3 is 2.42 bits per heavy atom. The average molecular weight is 348 g/mol. The molecule has 5 heteroatoms. The molecule has 0 aliphatic carbocycles. The molecule has 0 aliphatic rings. The van der Waals surface area contributed by atoms with Crippen LogP contribution in [0.1, 0.15) is 63.1 Å². The van der Waals surface area contributed by atoms with Crippen LogP contribution in [0.3, 0.4) is 0 Å². The molecule has 0 aliphatic heterocycles. The molecule has 2 unspecified atom stereocenters. The third-order valence-electron chi connectivity index (χ3n) is 4.43. The molecule has 0 spiro atoms. The van der Waals surface area contributed by atoms with E-state index in [4.69, 9.17) is 11.6 Å². The number of amides is 1. The number of carbonyl (C=O) groups is 1. The molecule has 1 N–H and O–H groups in total. The van der Waals surface area contributed by atoms with E-state index in [0.717, 1.165) is 18.4 Å². The highest BCUT2D eigenvalue weighted by Crippen LogP contribution is 2.22. The minimum atomic E-state index is 0.0273. The molecule has 0 saturated heterocycles. The Labute approximate surface area is 149 Å². The van der Waals surface area contributed by atoms with Crippen molar-refractivity contribution in [2.24, 2.45) is 0 Å². The lowest BCUT2D eigenvalue weighted by Gasteiger charge is -2.19. The van der Waals surface area contributed by atoms with Gasteiger partial charge in [0.2, 0.25) is 5.91 Å². The van der Waals surface area contributed by atoms with Crippen LogP contribution in [0.5, 0.6) is 0 Å². The van der Waals surface area contributed by atoms with Gasteiger partial charge in [-0.25, -0.2) is 0 Å². The normalized spacial score (nSPS) is 13.5. The summed E-state index contributed by atoms with van der Waals surface area (Å²) in [7, 11) is 0. The Kier molecular flexibility index (Phi) is 6.85. The van der Waals surface area contributed by atoms with Gasteiger partial charge < -0.3 is 5.32 Å². The minimum Gasteiger partial charge on any atom is -0.349 e. The zero-order chi connectivity index (χ0) is 17.5. The molecule has 2 aromatic rings. The Balaban J connectivity index is 1.91. The summed E-state index contributed by atoms with van der Waals surface area (Å²) >= 11 is 5.82. The summed E-state index contributed by atoms with van der Waals surface area (Å²) in [5.74, 6) is 0.592. The highest BCUT2D eigenvalue weighted by Gasteiger charge is 2.13. The van der Waals surface area contributed by atoms with E-state index in [2.05, 4.69) is 55.5 Å². The molecule has 24 heavy (non-hydrogen) atoms. The zero-order valence-electron chi connectivity index (χ0n) is 14.6. The molecular weight excluding hydrogens is 322 g/mol. The van der Waals surface area contributed by atoms with Crippen LogP contribution in [-0.2, 0) is 11.3 Å². The van der Waals surface area contributed by atoms with E-state index in [1.54, 1.807) is 17.1 Å². The first-order chi connectivity index (χ1) is 11.5. The highest BCUT2D eigenvalue weighted by atomic mass is 35.5. The largest absolute Gasteiger partial charge is 0.349 e. The van der Waals surface area contributed by atoms with Crippen molar-refractivity contribution in [2.75, 3.05) is 0 Å². The quantitative estimate of drug-likeness (QED) is 0.751. The number of benzene rings is 1. The molecule has 1 heterocycles. The van der Waals surface area contributed by atoms with Gasteiger partial charge in [0.05, 0.1) is 17.3 Å².